The summed E-state index contributed by atoms with van der Waals surface area (Å²) in [5.41, 5.74) is 0.913. The van der Waals surface area contributed by atoms with Gasteiger partial charge in [-0.2, -0.15) is 5.26 Å². The fourth-order valence-corrected chi connectivity index (χ4v) is 5.75. The van der Waals surface area contributed by atoms with Gasteiger partial charge >= 0.3 is 5.97 Å². The van der Waals surface area contributed by atoms with Crippen LogP contribution >= 0.6 is 22.9 Å². The molecule has 0 radical (unpaired) electrons. The number of nitrogens with one attached hydrogen (secondary N) is 1. The molecule has 0 aliphatic carbocycles. The van der Waals surface area contributed by atoms with Crippen LogP contribution in [-0.2, 0) is 19.6 Å². The number of anilines is 1. The molecule has 1 N–H and O–H groups in total. The lowest BCUT2D eigenvalue weighted by Gasteiger charge is -2.32. The van der Waals surface area contributed by atoms with Crippen molar-refractivity contribution in [2.75, 3.05) is 24.6 Å². The quantitative estimate of drug-likeness (QED) is 0.604. The summed E-state index contributed by atoms with van der Waals surface area (Å²) >= 11 is 6.85. The molecule has 1 fully saturated rings. The second-order valence-corrected chi connectivity index (χ2v) is 10.4. The first kappa shape index (κ1) is 24.0. The molecule has 0 atom stereocenters. The lowest BCUT2D eigenvalue weighted by molar-refractivity contribution is -0.123. The van der Waals surface area contributed by atoms with Gasteiger partial charge in [0.25, 0.3) is 10.0 Å². The first-order valence-corrected chi connectivity index (χ1v) is 12.5. The molecule has 170 valence electrons. The number of carbonyl (C=O) groups is 2. The number of aromatic nitrogens is 1. The number of aryl methyl sites for hydroxylation is 1. The van der Waals surface area contributed by atoms with Crippen LogP contribution in [-0.4, -0.2) is 45.0 Å². The van der Waals surface area contributed by atoms with Gasteiger partial charge in [0, 0.05) is 24.4 Å². The predicted molar refractivity (Wildman–Crippen MR) is 119 cm³/mol. The van der Waals surface area contributed by atoms with E-state index in [2.05, 4.69) is 15.8 Å². The van der Waals surface area contributed by atoms with Crippen LogP contribution in [0.4, 0.5) is 5.82 Å². The van der Waals surface area contributed by atoms with Crippen molar-refractivity contribution in [2.24, 2.45) is 5.92 Å². The van der Waals surface area contributed by atoms with E-state index in [1.54, 1.807) is 13.8 Å². The number of nitrogens with zero attached hydrogens (tertiary/aromatic N) is 3. The van der Waals surface area contributed by atoms with Crippen molar-refractivity contribution in [3.8, 4) is 6.07 Å². The van der Waals surface area contributed by atoms with Gasteiger partial charge in [-0.15, -0.1) is 11.3 Å². The van der Waals surface area contributed by atoms with Crippen molar-refractivity contribution >= 4 is 50.7 Å². The SMILES string of the molecule is CCOC(=O)c1cc(C#N)c(N2CCC(C(=O)NS(=O)(=O)c3csc(Cl)c3)CC2)nc1C. The maximum Gasteiger partial charge on any atom is 0.340 e. The molecule has 0 bridgehead atoms. The van der Waals surface area contributed by atoms with Crippen molar-refractivity contribution in [3.63, 3.8) is 0 Å². The van der Waals surface area contributed by atoms with Crippen LogP contribution in [0.1, 0.15) is 41.4 Å². The minimum atomic E-state index is -3.97. The Kier molecular flexibility index (Phi) is 7.38. The maximum atomic E-state index is 12.5. The van der Waals surface area contributed by atoms with Crippen molar-refractivity contribution < 1.29 is 22.7 Å². The zero-order valence-corrected chi connectivity index (χ0v) is 19.8. The molecule has 0 unspecified atom stereocenters. The van der Waals surface area contributed by atoms with E-state index < -0.39 is 27.8 Å². The zero-order chi connectivity index (χ0) is 23.5. The molecule has 2 aromatic heterocycles. The van der Waals surface area contributed by atoms with Crippen LogP contribution in [0, 0.1) is 24.2 Å². The third-order valence-electron chi connectivity index (χ3n) is 5.06. The highest BCUT2D eigenvalue weighted by Gasteiger charge is 2.30. The number of nitriles is 1. The van der Waals surface area contributed by atoms with E-state index in [-0.39, 0.29) is 22.6 Å². The lowest BCUT2D eigenvalue weighted by Crippen LogP contribution is -2.42. The van der Waals surface area contributed by atoms with Crippen LogP contribution in [0.15, 0.2) is 22.4 Å². The summed E-state index contributed by atoms with van der Waals surface area (Å²) in [5, 5.41) is 10.9. The second-order valence-electron chi connectivity index (χ2n) is 7.14. The third kappa shape index (κ3) is 5.20. The number of pyridine rings is 1. The molecular formula is C20H21ClN4O5S2. The molecule has 1 saturated heterocycles. The van der Waals surface area contributed by atoms with Crippen molar-refractivity contribution in [3.05, 3.63) is 38.7 Å². The highest BCUT2D eigenvalue weighted by atomic mass is 35.5. The van der Waals surface area contributed by atoms with E-state index >= 15 is 0 Å². The molecule has 0 spiro atoms. The summed E-state index contributed by atoms with van der Waals surface area (Å²) < 4.78 is 32.2. The van der Waals surface area contributed by atoms with E-state index in [1.807, 2.05) is 4.90 Å². The van der Waals surface area contributed by atoms with Crippen molar-refractivity contribution in [2.45, 2.75) is 31.6 Å². The van der Waals surface area contributed by atoms with E-state index in [4.69, 9.17) is 16.3 Å². The minimum absolute atomic E-state index is 0.0432. The number of hydrogen-bond donors (Lipinski definition) is 1. The van der Waals surface area contributed by atoms with Crippen LogP contribution < -0.4 is 9.62 Å². The first-order valence-electron chi connectivity index (χ1n) is 9.80. The van der Waals surface area contributed by atoms with E-state index in [0.29, 0.717) is 41.8 Å². The molecule has 2 aromatic rings. The number of sulfonamides is 1. The number of esters is 1. The lowest BCUT2D eigenvalue weighted by atomic mass is 9.96. The summed E-state index contributed by atoms with van der Waals surface area (Å²) in [4.78, 5) is 30.9. The van der Waals surface area contributed by atoms with E-state index in [0.717, 1.165) is 11.3 Å². The Morgan fingerprint density at radius 3 is 2.62 bits per heavy atom. The molecule has 32 heavy (non-hydrogen) atoms. The summed E-state index contributed by atoms with van der Waals surface area (Å²) in [6, 6.07) is 4.82. The number of piperidine rings is 1. The Hall–Kier alpha value is -2.68. The molecule has 1 aliphatic rings. The van der Waals surface area contributed by atoms with Gasteiger partial charge in [0.05, 0.1) is 32.7 Å². The fraction of sp³-hybridized carbons (Fsp3) is 0.400. The summed E-state index contributed by atoms with van der Waals surface area (Å²) in [6.07, 6.45) is 0.772. The van der Waals surface area contributed by atoms with Crippen molar-refractivity contribution in [1.82, 2.24) is 9.71 Å². The molecule has 1 aliphatic heterocycles. The molecule has 3 rings (SSSR count). The number of rotatable bonds is 6. The Morgan fingerprint density at radius 1 is 1.38 bits per heavy atom. The molecule has 3 heterocycles. The molecule has 1 amide bonds. The van der Waals surface area contributed by atoms with Gasteiger partial charge in [0.15, 0.2) is 0 Å². The van der Waals surface area contributed by atoms with Gasteiger partial charge in [0.2, 0.25) is 5.91 Å². The molecular weight excluding hydrogens is 476 g/mol. The normalized spacial score (nSPS) is 14.6. The van der Waals surface area contributed by atoms with E-state index in [9.17, 15) is 23.3 Å². The van der Waals surface area contributed by atoms with Gasteiger partial charge in [-0.05, 0) is 38.8 Å². The smallest absolute Gasteiger partial charge is 0.340 e. The number of halogens is 1. The first-order chi connectivity index (χ1) is 15.2. The Balaban J connectivity index is 1.69. The monoisotopic (exact) mass is 496 g/mol. The average molecular weight is 497 g/mol. The number of ether oxygens (including phenoxy) is 1. The van der Waals surface area contributed by atoms with Crippen molar-refractivity contribution in [1.29, 1.82) is 5.26 Å². The summed E-state index contributed by atoms with van der Waals surface area (Å²) in [7, 11) is -3.97. The Labute approximate surface area is 195 Å². The van der Waals surface area contributed by atoms with Gasteiger partial charge in [-0.3, -0.25) is 4.79 Å². The highest BCUT2D eigenvalue weighted by molar-refractivity contribution is 7.90. The van der Waals surface area contributed by atoms with Gasteiger partial charge < -0.3 is 9.64 Å². The number of thiophene rings is 1. The maximum absolute atomic E-state index is 12.5. The average Bonchev–Trinajstić information content (AvgIpc) is 3.21. The van der Waals surface area contributed by atoms with Gasteiger partial charge in [-0.1, -0.05) is 11.6 Å². The number of amides is 1. The van der Waals surface area contributed by atoms with Gasteiger partial charge in [-0.25, -0.2) is 22.9 Å². The fourth-order valence-electron chi connectivity index (χ4n) is 3.39. The predicted octanol–water partition coefficient (Wildman–Crippen LogP) is 2.87. The summed E-state index contributed by atoms with van der Waals surface area (Å²) in [5.74, 6) is -1.18. The van der Waals surface area contributed by atoms with Crippen LogP contribution in [0.5, 0.6) is 0 Å². The third-order valence-corrected chi connectivity index (χ3v) is 7.63. The topological polar surface area (TPSA) is 129 Å². The minimum Gasteiger partial charge on any atom is -0.462 e. The number of carbonyl (C=O) groups excluding carboxylic acids is 2. The molecule has 9 nitrogen and oxygen atoms in total. The van der Waals surface area contributed by atoms with Crippen LogP contribution in [0.2, 0.25) is 4.34 Å². The summed E-state index contributed by atoms with van der Waals surface area (Å²) in [6.45, 7) is 4.39. The largest absolute Gasteiger partial charge is 0.462 e. The molecule has 0 aromatic carbocycles. The van der Waals surface area contributed by atoms with E-state index in [1.165, 1.54) is 17.5 Å². The standard InChI is InChI=1S/C20H21ClN4O5S2/c1-3-30-20(27)16-8-14(10-22)18(23-12(16)2)25-6-4-13(5-7-25)19(26)24-32(28,29)15-9-17(21)31-11-15/h8-9,11,13H,3-7H2,1-2H3,(H,24,26). The molecule has 12 heteroatoms. The Bertz CT molecular complexity index is 1180. The second kappa shape index (κ2) is 9.85. The zero-order valence-electron chi connectivity index (χ0n) is 17.4. The molecule has 0 saturated carbocycles. The number of hydrogen-bond acceptors (Lipinski definition) is 9. The van der Waals surface area contributed by atoms with Gasteiger partial charge in [0.1, 0.15) is 11.9 Å². The van der Waals surface area contributed by atoms with Crippen LogP contribution in [0.3, 0.4) is 0 Å². The highest BCUT2D eigenvalue weighted by Crippen LogP contribution is 2.28. The van der Waals surface area contributed by atoms with Crippen LogP contribution in [0.25, 0.3) is 0 Å². The Morgan fingerprint density at radius 2 is 2.06 bits per heavy atom.